The van der Waals surface area contributed by atoms with Crippen LogP contribution in [0, 0.1) is 13.8 Å². The van der Waals surface area contributed by atoms with Gasteiger partial charge in [0.15, 0.2) is 0 Å². The molecule has 0 aromatic carbocycles. The van der Waals surface area contributed by atoms with Crippen LogP contribution in [0.3, 0.4) is 0 Å². The summed E-state index contributed by atoms with van der Waals surface area (Å²) in [7, 11) is 0. The Hall–Kier alpha value is -1.13. The van der Waals surface area contributed by atoms with Crippen LogP contribution in [0.1, 0.15) is 42.6 Å². The van der Waals surface area contributed by atoms with Crippen LogP contribution in [0.2, 0.25) is 0 Å². The lowest BCUT2D eigenvalue weighted by Crippen LogP contribution is -2.50. The lowest BCUT2D eigenvalue weighted by atomic mass is 10.1. The zero-order valence-corrected chi connectivity index (χ0v) is 13.4. The number of nitrogens with two attached hydrogens (primary N) is 1. The molecule has 0 amide bonds. The van der Waals surface area contributed by atoms with Crippen LogP contribution in [0.5, 0.6) is 0 Å². The number of pyridine rings is 1. The molecule has 4 nitrogen and oxygen atoms in total. The molecule has 0 radical (unpaired) electrons. The molecule has 2 fully saturated rings. The number of piperazine rings is 1. The summed E-state index contributed by atoms with van der Waals surface area (Å²) in [4.78, 5) is 9.77. The zero-order chi connectivity index (χ0) is 14.8. The number of aryl methyl sites for hydroxylation is 2. The van der Waals surface area contributed by atoms with E-state index in [-0.39, 0.29) is 0 Å². The van der Waals surface area contributed by atoms with Gasteiger partial charge in [-0.15, -0.1) is 0 Å². The summed E-state index contributed by atoms with van der Waals surface area (Å²) in [6.07, 6.45) is 5.65. The highest BCUT2D eigenvalue weighted by Crippen LogP contribution is 2.28. The van der Waals surface area contributed by atoms with Gasteiger partial charge >= 0.3 is 0 Å². The van der Waals surface area contributed by atoms with Gasteiger partial charge in [0, 0.05) is 61.4 Å². The average molecular weight is 288 g/mol. The molecule has 1 aromatic rings. The molecule has 0 bridgehead atoms. The monoisotopic (exact) mass is 288 g/mol. The molecule has 1 saturated heterocycles. The first-order valence-corrected chi connectivity index (χ1v) is 8.35. The summed E-state index contributed by atoms with van der Waals surface area (Å²) in [5.74, 6) is 0. The Bertz CT molecular complexity index is 486. The van der Waals surface area contributed by atoms with E-state index in [2.05, 4.69) is 34.7 Å². The molecule has 4 heteroatoms. The number of rotatable bonds is 3. The maximum atomic E-state index is 5.96. The molecule has 1 saturated carbocycles. The molecule has 1 aromatic heterocycles. The molecule has 0 atom stereocenters. The van der Waals surface area contributed by atoms with Crippen molar-refractivity contribution < 1.29 is 0 Å². The highest BCUT2D eigenvalue weighted by atomic mass is 15.3. The Morgan fingerprint density at radius 3 is 2.43 bits per heavy atom. The van der Waals surface area contributed by atoms with Crippen LogP contribution in [0.25, 0.3) is 0 Å². The van der Waals surface area contributed by atoms with Crippen molar-refractivity contribution in [3.8, 4) is 0 Å². The number of anilines is 1. The zero-order valence-electron chi connectivity index (χ0n) is 13.4. The van der Waals surface area contributed by atoms with Crippen molar-refractivity contribution in [3.05, 3.63) is 23.0 Å². The highest BCUT2D eigenvalue weighted by Gasteiger charge is 2.27. The first kappa shape index (κ1) is 14.8. The van der Waals surface area contributed by atoms with E-state index in [9.17, 15) is 0 Å². The summed E-state index contributed by atoms with van der Waals surface area (Å²) >= 11 is 0. The summed E-state index contributed by atoms with van der Waals surface area (Å²) < 4.78 is 0. The van der Waals surface area contributed by atoms with Gasteiger partial charge in [-0.3, -0.25) is 9.88 Å². The van der Waals surface area contributed by atoms with Gasteiger partial charge in [-0.1, -0.05) is 12.8 Å². The summed E-state index contributed by atoms with van der Waals surface area (Å²) in [5.41, 5.74) is 10.7. The second kappa shape index (κ2) is 6.32. The van der Waals surface area contributed by atoms with Crippen LogP contribution in [0.15, 0.2) is 6.07 Å². The van der Waals surface area contributed by atoms with Gasteiger partial charge in [0.1, 0.15) is 0 Å². The fourth-order valence-electron chi connectivity index (χ4n) is 3.97. The van der Waals surface area contributed by atoms with Gasteiger partial charge in [0.25, 0.3) is 0 Å². The van der Waals surface area contributed by atoms with Crippen molar-refractivity contribution in [1.29, 1.82) is 0 Å². The fraction of sp³-hybridized carbons (Fsp3) is 0.706. The van der Waals surface area contributed by atoms with Crippen molar-refractivity contribution in [1.82, 2.24) is 9.88 Å². The third-order valence-corrected chi connectivity index (χ3v) is 5.14. The predicted octanol–water partition coefficient (Wildman–Crippen LogP) is 2.22. The van der Waals surface area contributed by atoms with E-state index in [1.165, 1.54) is 50.0 Å². The molecule has 0 unspecified atom stereocenters. The molecular formula is C17H28N4. The number of hydrogen-bond donors (Lipinski definition) is 1. The Labute approximate surface area is 128 Å². The first-order valence-electron chi connectivity index (χ1n) is 8.35. The molecular weight excluding hydrogens is 260 g/mol. The Morgan fingerprint density at radius 1 is 1.14 bits per heavy atom. The molecule has 2 heterocycles. The Balaban J connectivity index is 1.71. The maximum Gasteiger partial charge on any atom is 0.0449 e. The molecule has 1 aliphatic carbocycles. The van der Waals surface area contributed by atoms with Crippen LogP contribution in [0.4, 0.5) is 5.69 Å². The van der Waals surface area contributed by atoms with E-state index in [1.807, 2.05) is 0 Å². The van der Waals surface area contributed by atoms with E-state index in [0.29, 0.717) is 6.54 Å². The van der Waals surface area contributed by atoms with E-state index in [4.69, 9.17) is 5.73 Å². The first-order chi connectivity index (χ1) is 10.2. The third kappa shape index (κ3) is 3.06. The second-order valence-electron chi connectivity index (χ2n) is 6.51. The minimum absolute atomic E-state index is 0.581. The van der Waals surface area contributed by atoms with E-state index >= 15 is 0 Å². The molecule has 3 rings (SSSR count). The molecule has 1 aliphatic heterocycles. The lowest BCUT2D eigenvalue weighted by molar-refractivity contribution is 0.187. The second-order valence-corrected chi connectivity index (χ2v) is 6.51. The van der Waals surface area contributed by atoms with Gasteiger partial charge in [-0.05, 0) is 32.8 Å². The van der Waals surface area contributed by atoms with Gasteiger partial charge in [-0.25, -0.2) is 0 Å². The van der Waals surface area contributed by atoms with Gasteiger partial charge in [0.05, 0.1) is 0 Å². The highest BCUT2D eigenvalue weighted by molar-refractivity contribution is 5.56. The van der Waals surface area contributed by atoms with Crippen LogP contribution < -0.4 is 10.6 Å². The smallest absolute Gasteiger partial charge is 0.0449 e. The van der Waals surface area contributed by atoms with E-state index in [1.54, 1.807) is 0 Å². The molecule has 116 valence electrons. The topological polar surface area (TPSA) is 45.4 Å². The number of aromatic nitrogens is 1. The maximum absolute atomic E-state index is 5.96. The lowest BCUT2D eigenvalue weighted by Gasteiger charge is -2.40. The van der Waals surface area contributed by atoms with Crippen LogP contribution in [-0.2, 0) is 6.54 Å². The minimum Gasteiger partial charge on any atom is -0.369 e. The largest absolute Gasteiger partial charge is 0.369 e. The van der Waals surface area contributed by atoms with Crippen molar-refractivity contribution in [2.24, 2.45) is 5.73 Å². The van der Waals surface area contributed by atoms with Crippen molar-refractivity contribution in [3.63, 3.8) is 0 Å². The quantitative estimate of drug-likeness (QED) is 0.926. The summed E-state index contributed by atoms with van der Waals surface area (Å²) in [6, 6.07) is 3.06. The average Bonchev–Trinajstić information content (AvgIpc) is 3.01. The van der Waals surface area contributed by atoms with E-state index < -0.39 is 0 Å². The van der Waals surface area contributed by atoms with Gasteiger partial charge < -0.3 is 10.6 Å². The molecule has 2 aliphatic rings. The number of nitrogens with zero attached hydrogens (tertiary/aromatic N) is 3. The minimum atomic E-state index is 0.581. The van der Waals surface area contributed by atoms with Crippen molar-refractivity contribution in [2.45, 2.75) is 52.1 Å². The van der Waals surface area contributed by atoms with Gasteiger partial charge in [0.2, 0.25) is 0 Å². The van der Waals surface area contributed by atoms with Crippen LogP contribution in [-0.4, -0.2) is 42.1 Å². The number of hydrogen-bond acceptors (Lipinski definition) is 4. The van der Waals surface area contributed by atoms with E-state index in [0.717, 1.165) is 30.5 Å². The third-order valence-electron chi connectivity index (χ3n) is 5.14. The van der Waals surface area contributed by atoms with Crippen molar-refractivity contribution >= 4 is 5.69 Å². The summed E-state index contributed by atoms with van der Waals surface area (Å²) in [6.45, 7) is 9.35. The van der Waals surface area contributed by atoms with Crippen molar-refractivity contribution in [2.75, 3.05) is 31.1 Å². The predicted molar refractivity (Wildman–Crippen MR) is 87.6 cm³/mol. The standard InChI is InChI=1S/C17H28N4/c1-13-11-17(16(12-18)14(2)19-13)21-9-7-20(8-10-21)15-5-3-4-6-15/h11,15H,3-10,12,18H2,1-2H3. The SMILES string of the molecule is Cc1cc(N2CCN(C3CCCC3)CC2)c(CN)c(C)n1. The normalized spacial score (nSPS) is 21.2. The fourth-order valence-corrected chi connectivity index (χ4v) is 3.97. The Kier molecular flexibility index (Phi) is 4.45. The van der Waals surface area contributed by atoms with Gasteiger partial charge in [-0.2, -0.15) is 0 Å². The summed E-state index contributed by atoms with van der Waals surface area (Å²) in [5, 5.41) is 0. The molecule has 0 spiro atoms. The van der Waals surface area contributed by atoms with Crippen LogP contribution >= 0.6 is 0 Å². The Morgan fingerprint density at radius 2 is 1.81 bits per heavy atom. The molecule has 2 N–H and O–H groups in total. The molecule has 21 heavy (non-hydrogen) atoms.